The number of hydrogen-bond donors (Lipinski definition) is 3. The second-order valence-corrected chi connectivity index (χ2v) is 8.28. The van der Waals surface area contributed by atoms with Gasteiger partial charge in [-0.25, -0.2) is 0 Å². The number of alkyl halides is 3. The number of aromatic hydroxyl groups is 2. The average molecular weight is 405 g/mol. The van der Waals surface area contributed by atoms with E-state index in [9.17, 15) is 28.5 Å². The number of benzene rings is 1. The Balaban J connectivity index is 2.38. The number of aliphatic hydroxyl groups is 1. The standard InChI is InChI=1S/C22H35F3O3/c1-15-16(2)20(27)18(17(3)19(15)26)11-14-21(4,28)12-9-7-5-6-8-10-13-22(23,24)25/h26-28H,5-14H2,1-4H3/t21-/m1/s1. The van der Waals surface area contributed by atoms with Crippen LogP contribution < -0.4 is 0 Å². The van der Waals surface area contributed by atoms with Crippen molar-refractivity contribution in [3.05, 3.63) is 22.3 Å². The van der Waals surface area contributed by atoms with Crippen LogP contribution in [0.3, 0.4) is 0 Å². The predicted octanol–water partition coefficient (Wildman–Crippen LogP) is 6.39. The first kappa shape index (κ1) is 24.6. The van der Waals surface area contributed by atoms with Gasteiger partial charge in [-0.1, -0.05) is 32.1 Å². The first-order chi connectivity index (χ1) is 12.9. The molecule has 1 aromatic carbocycles. The summed E-state index contributed by atoms with van der Waals surface area (Å²) in [6, 6.07) is 0. The van der Waals surface area contributed by atoms with Crippen LogP contribution in [0.25, 0.3) is 0 Å². The molecule has 3 nitrogen and oxygen atoms in total. The van der Waals surface area contributed by atoms with Gasteiger partial charge in [0.1, 0.15) is 11.5 Å². The average Bonchev–Trinajstić information content (AvgIpc) is 2.59. The molecule has 1 rings (SSSR count). The molecule has 0 aliphatic heterocycles. The highest BCUT2D eigenvalue weighted by Gasteiger charge is 2.26. The normalized spacial score (nSPS) is 14.3. The fraction of sp³-hybridized carbons (Fsp3) is 0.727. The first-order valence-electron chi connectivity index (χ1n) is 10.2. The molecule has 0 fully saturated rings. The topological polar surface area (TPSA) is 60.7 Å². The molecule has 3 N–H and O–H groups in total. The van der Waals surface area contributed by atoms with Crippen LogP contribution in [-0.2, 0) is 6.42 Å². The zero-order valence-corrected chi connectivity index (χ0v) is 17.5. The molecule has 0 heterocycles. The lowest BCUT2D eigenvalue weighted by Gasteiger charge is -2.24. The fourth-order valence-electron chi connectivity index (χ4n) is 3.55. The lowest BCUT2D eigenvalue weighted by Crippen LogP contribution is -2.25. The van der Waals surface area contributed by atoms with Crippen molar-refractivity contribution in [3.63, 3.8) is 0 Å². The summed E-state index contributed by atoms with van der Waals surface area (Å²) in [6.07, 6.45) is 0.911. The van der Waals surface area contributed by atoms with Crippen molar-refractivity contribution in [2.45, 2.75) is 104 Å². The third kappa shape index (κ3) is 7.90. The van der Waals surface area contributed by atoms with E-state index in [2.05, 4.69) is 0 Å². The molecule has 0 aliphatic carbocycles. The molecular weight excluding hydrogens is 369 g/mol. The van der Waals surface area contributed by atoms with Crippen LogP contribution >= 0.6 is 0 Å². The molecular formula is C22H35F3O3. The number of phenolic OH excluding ortho intramolecular Hbond substituents is 2. The fourth-order valence-corrected chi connectivity index (χ4v) is 3.55. The molecule has 28 heavy (non-hydrogen) atoms. The van der Waals surface area contributed by atoms with E-state index in [1.165, 1.54) is 0 Å². The minimum Gasteiger partial charge on any atom is -0.507 e. The molecule has 0 aromatic heterocycles. The molecule has 0 saturated carbocycles. The van der Waals surface area contributed by atoms with Crippen molar-refractivity contribution in [3.8, 4) is 11.5 Å². The molecule has 0 saturated heterocycles. The largest absolute Gasteiger partial charge is 0.507 e. The Labute approximate surface area is 166 Å². The monoisotopic (exact) mass is 404 g/mol. The van der Waals surface area contributed by atoms with Gasteiger partial charge in [0.15, 0.2) is 0 Å². The molecule has 0 unspecified atom stereocenters. The summed E-state index contributed by atoms with van der Waals surface area (Å²) >= 11 is 0. The van der Waals surface area contributed by atoms with Gasteiger partial charge >= 0.3 is 6.18 Å². The van der Waals surface area contributed by atoms with Gasteiger partial charge in [-0.15, -0.1) is 0 Å². The molecule has 0 spiro atoms. The Morgan fingerprint density at radius 2 is 1.14 bits per heavy atom. The highest BCUT2D eigenvalue weighted by molar-refractivity contribution is 5.56. The summed E-state index contributed by atoms with van der Waals surface area (Å²) in [5.41, 5.74) is 1.76. The van der Waals surface area contributed by atoms with Gasteiger partial charge < -0.3 is 15.3 Å². The Hall–Kier alpha value is -1.43. The quantitative estimate of drug-likeness (QED) is 0.296. The van der Waals surface area contributed by atoms with Crippen molar-refractivity contribution in [1.82, 2.24) is 0 Å². The highest BCUT2D eigenvalue weighted by atomic mass is 19.4. The molecule has 0 aliphatic rings. The van der Waals surface area contributed by atoms with Crippen molar-refractivity contribution in [2.24, 2.45) is 0 Å². The third-order valence-corrected chi connectivity index (χ3v) is 5.71. The summed E-state index contributed by atoms with van der Waals surface area (Å²) in [5.74, 6) is 0.373. The summed E-state index contributed by atoms with van der Waals surface area (Å²) < 4.78 is 36.2. The molecule has 1 atom stereocenters. The van der Waals surface area contributed by atoms with Gasteiger partial charge in [0.25, 0.3) is 0 Å². The van der Waals surface area contributed by atoms with E-state index in [-0.39, 0.29) is 17.9 Å². The summed E-state index contributed by atoms with van der Waals surface area (Å²) in [4.78, 5) is 0. The molecule has 1 aromatic rings. The maximum absolute atomic E-state index is 12.1. The second kappa shape index (κ2) is 10.4. The van der Waals surface area contributed by atoms with E-state index in [1.807, 2.05) is 0 Å². The van der Waals surface area contributed by atoms with Gasteiger partial charge in [-0.2, -0.15) is 13.2 Å². The van der Waals surface area contributed by atoms with Crippen LogP contribution in [0.15, 0.2) is 0 Å². The van der Waals surface area contributed by atoms with Crippen LogP contribution in [0.4, 0.5) is 13.2 Å². The van der Waals surface area contributed by atoms with Gasteiger partial charge in [-0.05, 0) is 70.1 Å². The Morgan fingerprint density at radius 1 is 0.679 bits per heavy atom. The minimum absolute atomic E-state index is 0.183. The summed E-state index contributed by atoms with van der Waals surface area (Å²) in [5, 5.41) is 31.2. The van der Waals surface area contributed by atoms with Crippen molar-refractivity contribution in [2.75, 3.05) is 0 Å². The zero-order valence-electron chi connectivity index (χ0n) is 17.5. The zero-order chi connectivity index (χ0) is 21.5. The van der Waals surface area contributed by atoms with Crippen LogP contribution in [-0.4, -0.2) is 27.1 Å². The molecule has 162 valence electrons. The van der Waals surface area contributed by atoms with E-state index < -0.39 is 18.2 Å². The number of halogens is 3. The van der Waals surface area contributed by atoms with E-state index in [4.69, 9.17) is 0 Å². The van der Waals surface area contributed by atoms with Crippen molar-refractivity contribution < 1.29 is 28.5 Å². The Morgan fingerprint density at radius 3 is 1.68 bits per heavy atom. The van der Waals surface area contributed by atoms with E-state index >= 15 is 0 Å². The van der Waals surface area contributed by atoms with Crippen molar-refractivity contribution in [1.29, 1.82) is 0 Å². The number of hydrogen-bond acceptors (Lipinski definition) is 3. The van der Waals surface area contributed by atoms with E-state index in [0.717, 1.165) is 25.7 Å². The van der Waals surface area contributed by atoms with Crippen LogP contribution in [0.1, 0.15) is 87.0 Å². The van der Waals surface area contributed by atoms with Gasteiger partial charge in [0, 0.05) is 12.0 Å². The Kier molecular flexibility index (Phi) is 9.12. The molecule has 0 bridgehead atoms. The smallest absolute Gasteiger partial charge is 0.389 e. The predicted molar refractivity (Wildman–Crippen MR) is 106 cm³/mol. The van der Waals surface area contributed by atoms with Gasteiger partial charge in [0.05, 0.1) is 5.60 Å². The van der Waals surface area contributed by atoms with Crippen LogP contribution in [0, 0.1) is 20.8 Å². The second-order valence-electron chi connectivity index (χ2n) is 8.28. The molecule has 6 heteroatoms. The molecule has 0 amide bonds. The maximum atomic E-state index is 12.1. The van der Waals surface area contributed by atoms with Gasteiger partial charge in [-0.3, -0.25) is 0 Å². The maximum Gasteiger partial charge on any atom is 0.389 e. The highest BCUT2D eigenvalue weighted by Crippen LogP contribution is 2.37. The first-order valence-corrected chi connectivity index (χ1v) is 10.2. The van der Waals surface area contributed by atoms with E-state index in [1.54, 1.807) is 27.7 Å². The number of phenols is 2. The van der Waals surface area contributed by atoms with Crippen molar-refractivity contribution >= 4 is 0 Å². The summed E-state index contributed by atoms with van der Waals surface area (Å²) in [7, 11) is 0. The molecule has 0 radical (unpaired) electrons. The third-order valence-electron chi connectivity index (χ3n) is 5.71. The SMILES string of the molecule is Cc1c(C)c(O)c(CC[C@](C)(O)CCCCCCCCC(F)(F)F)c(C)c1O. The summed E-state index contributed by atoms with van der Waals surface area (Å²) in [6.45, 7) is 7.06. The van der Waals surface area contributed by atoms with Crippen LogP contribution in [0.5, 0.6) is 11.5 Å². The van der Waals surface area contributed by atoms with Crippen LogP contribution in [0.2, 0.25) is 0 Å². The Bertz CT molecular complexity index is 608. The number of unbranched alkanes of at least 4 members (excludes halogenated alkanes) is 5. The minimum atomic E-state index is -4.06. The van der Waals surface area contributed by atoms with E-state index in [0.29, 0.717) is 47.9 Å². The lowest BCUT2D eigenvalue weighted by atomic mass is 9.88. The number of rotatable bonds is 11. The van der Waals surface area contributed by atoms with Gasteiger partial charge in [0.2, 0.25) is 0 Å². The lowest BCUT2D eigenvalue weighted by molar-refractivity contribution is -0.135.